The molecule has 0 spiro atoms. The minimum atomic E-state index is -4.80. The molecule has 26 heavy (non-hydrogen) atoms. The van der Waals surface area contributed by atoms with Crippen molar-refractivity contribution in [1.29, 1.82) is 0 Å². The average molecular weight is 389 g/mol. The first kappa shape index (κ1) is 18.9. The molecule has 0 saturated carbocycles. The van der Waals surface area contributed by atoms with Crippen molar-refractivity contribution in [2.24, 2.45) is 0 Å². The first-order valence-electron chi connectivity index (χ1n) is 7.41. The van der Waals surface area contributed by atoms with Gasteiger partial charge in [-0.05, 0) is 12.5 Å². The molecule has 1 aliphatic rings. The van der Waals surface area contributed by atoms with Gasteiger partial charge in [-0.2, -0.15) is 4.98 Å². The molecule has 1 saturated heterocycles. The van der Waals surface area contributed by atoms with Crippen molar-refractivity contribution in [2.75, 3.05) is 6.61 Å². The number of aromatic nitrogens is 3. The number of H-pyrrole nitrogens is 1. The summed E-state index contributed by atoms with van der Waals surface area (Å²) in [5.41, 5.74) is -0.696. The number of hydrogen-bond donors (Lipinski definition) is 5. The molecule has 2 aromatic rings. The molecule has 0 bridgehead atoms. The molecular formula is C13H16N3O9P. The maximum atomic E-state index is 12.2. The van der Waals surface area contributed by atoms with Crippen molar-refractivity contribution in [1.82, 2.24) is 14.5 Å². The summed E-state index contributed by atoms with van der Waals surface area (Å²) in [6, 6.07) is 1.30. The fourth-order valence-electron chi connectivity index (χ4n) is 2.73. The van der Waals surface area contributed by atoms with Crippen LogP contribution in [0.1, 0.15) is 11.8 Å². The van der Waals surface area contributed by atoms with Crippen LogP contribution in [0.2, 0.25) is 0 Å². The topological polar surface area (TPSA) is 184 Å². The molecule has 142 valence electrons. The van der Waals surface area contributed by atoms with Crippen LogP contribution in [0.5, 0.6) is 0 Å². The lowest BCUT2D eigenvalue weighted by molar-refractivity contribution is -0.0540. The van der Waals surface area contributed by atoms with Crippen LogP contribution in [0.25, 0.3) is 11.0 Å². The summed E-state index contributed by atoms with van der Waals surface area (Å²) in [5.74, 6) is 0. The van der Waals surface area contributed by atoms with Crippen LogP contribution in [0.4, 0.5) is 0 Å². The van der Waals surface area contributed by atoms with Crippen molar-refractivity contribution in [3.63, 3.8) is 0 Å². The molecular weight excluding hydrogens is 373 g/mol. The SMILES string of the molecule is Cc1cc(=O)[nH]c2nc(=O)n([C@@H]3O[C@H](COP(=O)(O)O)C(O)[C@@H]3O)cc12. The highest BCUT2D eigenvalue weighted by Gasteiger charge is 2.45. The molecule has 3 rings (SSSR count). The van der Waals surface area contributed by atoms with Gasteiger partial charge >= 0.3 is 13.5 Å². The Morgan fingerprint density at radius 3 is 2.69 bits per heavy atom. The Morgan fingerprint density at radius 2 is 2.04 bits per heavy atom. The highest BCUT2D eigenvalue weighted by molar-refractivity contribution is 7.46. The first-order valence-corrected chi connectivity index (χ1v) is 8.94. The standard InChI is InChI=1S/C13H16N3O9P/c1-5-2-8(17)14-11-6(5)3-16(13(20)15-11)12-10(19)9(18)7(25-12)4-24-26(21,22)23/h2-3,7,9-10,12,18-19H,4H2,1H3,(H2,21,22,23)(H,14,15,17,20)/t7-,9?,10+,12-/m1/s1. The summed E-state index contributed by atoms with van der Waals surface area (Å²) in [6.45, 7) is 0.937. The minimum Gasteiger partial charge on any atom is -0.387 e. The number of nitrogens with one attached hydrogen (secondary N) is 1. The van der Waals surface area contributed by atoms with Gasteiger partial charge in [0.25, 0.3) is 0 Å². The van der Waals surface area contributed by atoms with E-state index < -0.39 is 50.2 Å². The lowest BCUT2D eigenvalue weighted by atomic mass is 10.1. The molecule has 3 heterocycles. The van der Waals surface area contributed by atoms with Gasteiger partial charge in [0, 0.05) is 17.6 Å². The zero-order valence-corrected chi connectivity index (χ0v) is 14.2. The Morgan fingerprint density at radius 1 is 1.35 bits per heavy atom. The molecule has 1 aliphatic heterocycles. The second-order valence-corrected chi connectivity index (χ2v) is 7.08. The Kier molecular flexibility index (Phi) is 4.84. The van der Waals surface area contributed by atoms with Crippen molar-refractivity contribution >= 4 is 18.9 Å². The van der Waals surface area contributed by atoms with Crippen LogP contribution < -0.4 is 11.2 Å². The Bertz CT molecular complexity index is 996. The maximum Gasteiger partial charge on any atom is 0.469 e. The predicted octanol–water partition coefficient (Wildman–Crippen LogP) is -1.88. The van der Waals surface area contributed by atoms with Crippen molar-refractivity contribution in [2.45, 2.75) is 31.5 Å². The molecule has 2 aromatic heterocycles. The summed E-state index contributed by atoms with van der Waals surface area (Å²) in [5, 5.41) is 20.6. The third kappa shape index (κ3) is 3.62. The van der Waals surface area contributed by atoms with Gasteiger partial charge in [0.15, 0.2) is 6.23 Å². The molecule has 12 nitrogen and oxygen atoms in total. The van der Waals surface area contributed by atoms with E-state index in [4.69, 9.17) is 14.5 Å². The molecule has 13 heteroatoms. The number of rotatable bonds is 4. The number of hydrogen-bond acceptors (Lipinski definition) is 8. The smallest absolute Gasteiger partial charge is 0.387 e. The number of phosphoric ester groups is 1. The van der Waals surface area contributed by atoms with Crippen LogP contribution in [-0.2, 0) is 13.8 Å². The number of ether oxygens (including phenoxy) is 1. The van der Waals surface area contributed by atoms with Crippen molar-refractivity contribution < 1.29 is 33.8 Å². The molecule has 0 radical (unpaired) electrons. The Balaban J connectivity index is 1.96. The van der Waals surface area contributed by atoms with Crippen LogP contribution in [0.3, 0.4) is 0 Å². The molecule has 4 atom stereocenters. The lowest BCUT2D eigenvalue weighted by Crippen LogP contribution is -2.36. The van der Waals surface area contributed by atoms with E-state index in [9.17, 15) is 24.4 Å². The van der Waals surface area contributed by atoms with E-state index in [1.54, 1.807) is 6.92 Å². The normalized spacial score (nSPS) is 26.5. The number of aliphatic hydroxyl groups excluding tert-OH is 2. The first-order chi connectivity index (χ1) is 12.1. The van der Waals surface area contributed by atoms with Crippen LogP contribution in [0, 0.1) is 6.92 Å². The van der Waals surface area contributed by atoms with E-state index in [0.717, 1.165) is 4.57 Å². The van der Waals surface area contributed by atoms with E-state index >= 15 is 0 Å². The number of fused-ring (bicyclic) bond motifs is 1. The van der Waals surface area contributed by atoms with E-state index in [0.29, 0.717) is 10.9 Å². The van der Waals surface area contributed by atoms with E-state index in [-0.39, 0.29) is 5.65 Å². The number of aromatic amines is 1. The van der Waals surface area contributed by atoms with Crippen molar-refractivity contribution in [3.05, 3.63) is 38.7 Å². The van der Waals surface area contributed by atoms with Gasteiger partial charge < -0.3 is 29.7 Å². The summed E-state index contributed by atoms with van der Waals surface area (Å²) in [6.07, 6.45) is -4.44. The molecule has 5 N–H and O–H groups in total. The second kappa shape index (κ2) is 6.67. The number of nitrogens with zero attached hydrogens (tertiary/aromatic N) is 2. The van der Waals surface area contributed by atoms with Gasteiger partial charge in [-0.25, -0.2) is 9.36 Å². The van der Waals surface area contributed by atoms with E-state index in [1.165, 1.54) is 12.3 Å². The quantitative estimate of drug-likeness (QED) is 0.371. The number of phosphoric acid groups is 1. The zero-order chi connectivity index (χ0) is 19.2. The van der Waals surface area contributed by atoms with Gasteiger partial charge in [0.1, 0.15) is 24.0 Å². The predicted molar refractivity (Wildman–Crippen MR) is 85.3 cm³/mol. The van der Waals surface area contributed by atoms with Crippen molar-refractivity contribution in [3.8, 4) is 0 Å². The fraction of sp³-hybridized carbons (Fsp3) is 0.462. The van der Waals surface area contributed by atoms with Crippen LogP contribution >= 0.6 is 7.82 Å². The average Bonchev–Trinajstić information content (AvgIpc) is 2.79. The third-order valence-electron chi connectivity index (χ3n) is 3.98. The van der Waals surface area contributed by atoms with Gasteiger partial charge in [-0.1, -0.05) is 0 Å². The highest BCUT2D eigenvalue weighted by atomic mass is 31.2. The maximum absolute atomic E-state index is 12.2. The summed E-state index contributed by atoms with van der Waals surface area (Å²) in [7, 11) is -4.80. The molecule has 0 aromatic carbocycles. The monoisotopic (exact) mass is 389 g/mol. The summed E-state index contributed by atoms with van der Waals surface area (Å²) >= 11 is 0. The molecule has 0 amide bonds. The van der Waals surface area contributed by atoms with E-state index in [2.05, 4.69) is 14.5 Å². The number of aryl methyl sites for hydroxylation is 1. The number of pyridine rings is 1. The largest absolute Gasteiger partial charge is 0.469 e. The Labute approximate surface area is 144 Å². The zero-order valence-electron chi connectivity index (χ0n) is 13.3. The Hall–Kier alpha value is -1.92. The van der Waals surface area contributed by atoms with Gasteiger partial charge in [0.05, 0.1) is 6.61 Å². The van der Waals surface area contributed by atoms with Gasteiger partial charge in [-0.15, -0.1) is 0 Å². The van der Waals surface area contributed by atoms with Gasteiger partial charge in [-0.3, -0.25) is 13.9 Å². The van der Waals surface area contributed by atoms with Crippen LogP contribution in [-0.4, -0.2) is 59.5 Å². The summed E-state index contributed by atoms with van der Waals surface area (Å²) in [4.78, 5) is 47.3. The molecule has 0 aliphatic carbocycles. The lowest BCUT2D eigenvalue weighted by Gasteiger charge is -2.18. The fourth-order valence-corrected chi connectivity index (χ4v) is 3.07. The summed E-state index contributed by atoms with van der Waals surface area (Å²) < 4.78 is 21.3. The number of aliphatic hydroxyl groups is 2. The third-order valence-corrected chi connectivity index (χ3v) is 4.47. The minimum absolute atomic E-state index is 0.0608. The van der Waals surface area contributed by atoms with Gasteiger partial charge in [0.2, 0.25) is 5.56 Å². The van der Waals surface area contributed by atoms with E-state index in [1.807, 2.05) is 0 Å². The molecule has 1 unspecified atom stereocenters. The second-order valence-electron chi connectivity index (χ2n) is 5.84. The molecule has 1 fully saturated rings. The van der Waals surface area contributed by atoms with Crippen LogP contribution in [0.15, 0.2) is 21.9 Å². The highest BCUT2D eigenvalue weighted by Crippen LogP contribution is 2.38.